The number of hydrogen-bond acceptors (Lipinski definition) is 3. The Labute approximate surface area is 172 Å². The lowest BCUT2D eigenvalue weighted by Gasteiger charge is -2.33. The molecule has 1 aromatic carbocycles. The number of carbonyl (C=O) groups is 1. The van der Waals surface area contributed by atoms with Crippen LogP contribution >= 0.6 is 11.6 Å². The Kier molecular flexibility index (Phi) is 6.02. The molecule has 0 radical (unpaired) electrons. The molecule has 5 nitrogen and oxygen atoms in total. The van der Waals surface area contributed by atoms with E-state index in [1.54, 1.807) is 0 Å². The molecule has 4 rings (SSSR count). The van der Waals surface area contributed by atoms with E-state index >= 15 is 0 Å². The first kappa shape index (κ1) is 19.5. The fourth-order valence-electron chi connectivity index (χ4n) is 4.36. The maximum Gasteiger partial charge on any atom is 0.230 e. The highest BCUT2D eigenvalue weighted by molar-refractivity contribution is 6.30. The highest BCUT2D eigenvalue weighted by Gasteiger charge is 2.51. The predicted molar refractivity (Wildman–Crippen MR) is 111 cm³/mol. The summed E-state index contributed by atoms with van der Waals surface area (Å²) >= 11 is 5.99. The molecule has 2 heterocycles. The lowest BCUT2D eigenvalue weighted by atomic mass is 9.93. The zero-order chi connectivity index (χ0) is 19.4. The second-order valence-corrected chi connectivity index (χ2v) is 8.67. The van der Waals surface area contributed by atoms with Crippen molar-refractivity contribution in [2.45, 2.75) is 44.1 Å². The predicted octanol–water partition coefficient (Wildman–Crippen LogP) is 3.49. The Balaban J connectivity index is 1.23. The van der Waals surface area contributed by atoms with Crippen LogP contribution in [0.5, 0.6) is 0 Å². The molecule has 1 saturated carbocycles. The summed E-state index contributed by atoms with van der Waals surface area (Å²) in [5.74, 6) is 0.731. The minimum Gasteiger partial charge on any atom is -0.355 e. The lowest BCUT2D eigenvalue weighted by molar-refractivity contribution is -0.123. The van der Waals surface area contributed by atoms with Crippen LogP contribution in [0.3, 0.4) is 0 Å². The summed E-state index contributed by atoms with van der Waals surface area (Å²) in [5.41, 5.74) is 0.779. The number of likely N-dealkylation sites (tertiary alicyclic amines) is 1. The molecule has 2 aliphatic rings. The van der Waals surface area contributed by atoms with Gasteiger partial charge in [0, 0.05) is 37.1 Å². The molecule has 1 aliphatic carbocycles. The molecule has 1 N–H and O–H groups in total. The van der Waals surface area contributed by atoms with E-state index in [0.717, 1.165) is 62.6 Å². The highest BCUT2D eigenvalue weighted by atomic mass is 35.5. The molecule has 1 atom stereocenters. The summed E-state index contributed by atoms with van der Waals surface area (Å²) in [5, 5.41) is 8.24. The van der Waals surface area contributed by atoms with E-state index in [4.69, 9.17) is 11.6 Å². The molecule has 0 spiro atoms. The van der Waals surface area contributed by atoms with Gasteiger partial charge in [-0.05, 0) is 74.9 Å². The number of benzene rings is 1. The second kappa shape index (κ2) is 8.66. The van der Waals surface area contributed by atoms with E-state index in [9.17, 15) is 4.79 Å². The molecule has 1 saturated heterocycles. The molecular weight excluding hydrogens is 372 g/mol. The zero-order valence-corrected chi connectivity index (χ0v) is 17.1. The normalized spacial score (nSPS) is 21.4. The Morgan fingerprint density at radius 3 is 2.79 bits per heavy atom. The summed E-state index contributed by atoms with van der Waals surface area (Å²) < 4.78 is 1.99. The standard InChI is InChI=1S/C22H29ClN4O/c23-20-7-5-19(6-8-20)22(9-10-22)21(28)24-16-18-4-1-12-26(17-18)13-3-15-27-14-2-11-25-27/h2,5-8,11,14,18H,1,3-4,9-10,12-13,15-17H2,(H,24,28)/t18-/m1/s1. The SMILES string of the molecule is O=C(NC[C@H]1CCCN(CCCn2cccn2)C1)C1(c2ccc(Cl)cc2)CC1. The average Bonchev–Trinajstić information content (AvgIpc) is 3.36. The van der Waals surface area contributed by atoms with Gasteiger partial charge in [0.1, 0.15) is 0 Å². The molecule has 28 heavy (non-hydrogen) atoms. The van der Waals surface area contributed by atoms with Crippen molar-refractivity contribution >= 4 is 17.5 Å². The smallest absolute Gasteiger partial charge is 0.230 e. The summed E-state index contributed by atoms with van der Waals surface area (Å²) in [7, 11) is 0. The number of halogens is 1. The van der Waals surface area contributed by atoms with Gasteiger partial charge in [0.05, 0.1) is 5.41 Å². The van der Waals surface area contributed by atoms with Crippen LogP contribution in [0, 0.1) is 5.92 Å². The number of carbonyl (C=O) groups excluding carboxylic acids is 1. The lowest BCUT2D eigenvalue weighted by Crippen LogP contribution is -2.43. The molecule has 150 valence electrons. The Bertz CT molecular complexity index is 770. The van der Waals surface area contributed by atoms with Gasteiger partial charge in [0.2, 0.25) is 5.91 Å². The van der Waals surface area contributed by atoms with Gasteiger partial charge in [0.15, 0.2) is 0 Å². The summed E-state index contributed by atoms with van der Waals surface area (Å²) in [4.78, 5) is 15.4. The first-order chi connectivity index (χ1) is 13.7. The van der Waals surface area contributed by atoms with Crippen molar-refractivity contribution in [1.29, 1.82) is 0 Å². The number of nitrogens with one attached hydrogen (secondary N) is 1. The van der Waals surface area contributed by atoms with Gasteiger partial charge in [-0.1, -0.05) is 23.7 Å². The van der Waals surface area contributed by atoms with Crippen molar-refractivity contribution in [2.24, 2.45) is 5.92 Å². The van der Waals surface area contributed by atoms with Crippen molar-refractivity contribution in [3.05, 3.63) is 53.3 Å². The molecule has 2 fully saturated rings. The summed E-state index contributed by atoms with van der Waals surface area (Å²) in [6, 6.07) is 9.73. The molecule has 1 aliphatic heterocycles. The van der Waals surface area contributed by atoms with Crippen LogP contribution in [-0.4, -0.2) is 46.8 Å². The summed E-state index contributed by atoms with van der Waals surface area (Å²) in [6.45, 7) is 5.09. The highest BCUT2D eigenvalue weighted by Crippen LogP contribution is 2.48. The fourth-order valence-corrected chi connectivity index (χ4v) is 4.48. The average molecular weight is 401 g/mol. The van der Waals surface area contributed by atoms with Gasteiger partial charge in [-0.3, -0.25) is 9.48 Å². The molecule has 0 unspecified atom stereocenters. The maximum absolute atomic E-state index is 12.9. The minimum atomic E-state index is -0.317. The van der Waals surface area contributed by atoms with Gasteiger partial charge < -0.3 is 10.2 Å². The van der Waals surface area contributed by atoms with Crippen LogP contribution in [0.15, 0.2) is 42.7 Å². The van der Waals surface area contributed by atoms with E-state index in [2.05, 4.69) is 15.3 Å². The Morgan fingerprint density at radius 1 is 1.25 bits per heavy atom. The van der Waals surface area contributed by atoms with Gasteiger partial charge in [0.25, 0.3) is 0 Å². The van der Waals surface area contributed by atoms with Crippen molar-refractivity contribution in [2.75, 3.05) is 26.2 Å². The first-order valence-electron chi connectivity index (χ1n) is 10.4. The molecular formula is C22H29ClN4O. The molecule has 1 amide bonds. The molecule has 2 aromatic rings. The number of rotatable bonds is 8. The van der Waals surface area contributed by atoms with E-state index in [1.807, 2.05) is 47.4 Å². The minimum absolute atomic E-state index is 0.186. The zero-order valence-electron chi connectivity index (χ0n) is 16.3. The van der Waals surface area contributed by atoms with Gasteiger partial charge in [-0.25, -0.2) is 0 Å². The number of amides is 1. The van der Waals surface area contributed by atoms with Gasteiger partial charge in [-0.15, -0.1) is 0 Å². The number of aryl methyl sites for hydroxylation is 1. The monoisotopic (exact) mass is 400 g/mol. The topological polar surface area (TPSA) is 50.2 Å². The second-order valence-electron chi connectivity index (χ2n) is 8.23. The van der Waals surface area contributed by atoms with Crippen molar-refractivity contribution in [1.82, 2.24) is 20.0 Å². The van der Waals surface area contributed by atoms with Crippen LogP contribution in [0.1, 0.15) is 37.7 Å². The quantitative estimate of drug-likeness (QED) is 0.737. The van der Waals surface area contributed by atoms with Crippen LogP contribution in [0.2, 0.25) is 5.02 Å². The largest absolute Gasteiger partial charge is 0.355 e. The Morgan fingerprint density at radius 2 is 2.07 bits per heavy atom. The number of aromatic nitrogens is 2. The van der Waals surface area contributed by atoms with Crippen molar-refractivity contribution < 1.29 is 4.79 Å². The van der Waals surface area contributed by atoms with E-state index in [0.29, 0.717) is 5.92 Å². The number of piperidine rings is 1. The maximum atomic E-state index is 12.9. The van der Waals surface area contributed by atoms with Crippen molar-refractivity contribution in [3.8, 4) is 0 Å². The first-order valence-corrected chi connectivity index (χ1v) is 10.8. The number of nitrogens with zero attached hydrogens (tertiary/aromatic N) is 3. The van der Waals surface area contributed by atoms with Gasteiger partial charge in [-0.2, -0.15) is 5.10 Å². The fraction of sp³-hybridized carbons (Fsp3) is 0.545. The molecule has 6 heteroatoms. The Hall–Kier alpha value is -1.85. The third-order valence-electron chi connectivity index (χ3n) is 6.16. The van der Waals surface area contributed by atoms with Crippen LogP contribution in [-0.2, 0) is 16.8 Å². The van der Waals surface area contributed by atoms with Crippen LogP contribution in [0.4, 0.5) is 0 Å². The third-order valence-corrected chi connectivity index (χ3v) is 6.41. The van der Waals surface area contributed by atoms with Crippen molar-refractivity contribution in [3.63, 3.8) is 0 Å². The van der Waals surface area contributed by atoms with E-state index in [-0.39, 0.29) is 11.3 Å². The summed E-state index contributed by atoms with van der Waals surface area (Å²) in [6.07, 6.45) is 9.24. The van der Waals surface area contributed by atoms with Crippen LogP contribution in [0.25, 0.3) is 0 Å². The number of hydrogen-bond donors (Lipinski definition) is 1. The molecule has 1 aromatic heterocycles. The molecule has 0 bridgehead atoms. The van der Waals surface area contributed by atoms with E-state index < -0.39 is 0 Å². The van der Waals surface area contributed by atoms with Gasteiger partial charge >= 0.3 is 0 Å². The van der Waals surface area contributed by atoms with Crippen LogP contribution < -0.4 is 5.32 Å². The third kappa shape index (κ3) is 4.58. The van der Waals surface area contributed by atoms with E-state index in [1.165, 1.54) is 12.8 Å².